The molecule has 1 heterocycles. The van der Waals surface area contributed by atoms with E-state index in [-0.39, 0.29) is 30.4 Å². The number of unbranched alkanes of at least 4 members (excludes halogenated alkanes) is 3. The van der Waals surface area contributed by atoms with Gasteiger partial charge in [-0.1, -0.05) is 25.7 Å². The summed E-state index contributed by atoms with van der Waals surface area (Å²) in [5.41, 5.74) is 5.46. The van der Waals surface area contributed by atoms with Gasteiger partial charge in [-0.05, 0) is 32.2 Å². The number of carbonyl (C=O) groups is 2. The number of amides is 2. The second kappa shape index (κ2) is 7.62. The Kier molecular flexibility index (Phi) is 5.83. The highest BCUT2D eigenvalue weighted by atomic mass is 16.2. The van der Waals surface area contributed by atoms with Crippen molar-refractivity contribution < 1.29 is 9.59 Å². The smallest absolute Gasteiger partial charge is 0.239 e. The van der Waals surface area contributed by atoms with Gasteiger partial charge in [0.1, 0.15) is 0 Å². The van der Waals surface area contributed by atoms with Crippen LogP contribution in [0.5, 0.6) is 0 Å². The van der Waals surface area contributed by atoms with E-state index in [1.165, 1.54) is 0 Å². The molecule has 2 unspecified atom stereocenters. The van der Waals surface area contributed by atoms with Crippen molar-refractivity contribution in [2.24, 2.45) is 5.73 Å². The zero-order valence-corrected chi connectivity index (χ0v) is 12.3. The van der Waals surface area contributed by atoms with E-state index in [2.05, 4.69) is 5.32 Å². The van der Waals surface area contributed by atoms with Gasteiger partial charge in [0.15, 0.2) is 0 Å². The van der Waals surface area contributed by atoms with Crippen LogP contribution in [-0.2, 0) is 9.59 Å². The third-order valence-corrected chi connectivity index (χ3v) is 4.46. The van der Waals surface area contributed by atoms with Gasteiger partial charge in [-0.3, -0.25) is 9.59 Å². The van der Waals surface area contributed by atoms with Gasteiger partial charge in [0.25, 0.3) is 0 Å². The zero-order valence-electron chi connectivity index (χ0n) is 12.3. The van der Waals surface area contributed by atoms with Crippen LogP contribution in [0.15, 0.2) is 0 Å². The summed E-state index contributed by atoms with van der Waals surface area (Å²) < 4.78 is 0. The number of nitrogens with zero attached hydrogens (tertiary/aromatic N) is 1. The van der Waals surface area contributed by atoms with Crippen molar-refractivity contribution in [3.05, 3.63) is 0 Å². The largest absolute Gasteiger partial charge is 0.350 e. The van der Waals surface area contributed by atoms with Crippen LogP contribution < -0.4 is 11.1 Å². The van der Waals surface area contributed by atoms with Gasteiger partial charge in [0.05, 0.1) is 12.6 Å². The lowest BCUT2D eigenvalue weighted by Crippen LogP contribution is -2.62. The Balaban J connectivity index is 1.82. The quantitative estimate of drug-likeness (QED) is 0.718. The molecule has 2 aliphatic rings. The van der Waals surface area contributed by atoms with E-state index in [0.29, 0.717) is 6.42 Å². The number of nitrogens with one attached hydrogen (secondary N) is 1. The lowest BCUT2D eigenvalue weighted by Gasteiger charge is -2.44. The summed E-state index contributed by atoms with van der Waals surface area (Å²) in [6.07, 6.45) is 9.02. The van der Waals surface area contributed by atoms with Crippen LogP contribution in [0.3, 0.4) is 0 Å². The van der Waals surface area contributed by atoms with Gasteiger partial charge < -0.3 is 16.0 Å². The minimum atomic E-state index is 0.00429. The van der Waals surface area contributed by atoms with Crippen LogP contribution in [0.25, 0.3) is 0 Å². The Labute approximate surface area is 121 Å². The standard InChI is InChI=1S/C15H27N3O2/c16-10-6-2-1-3-9-15(20)18-11-14(19)17-12-7-4-5-8-13(12)18/h12-13H,1-11,16H2,(H,17,19). The molecule has 114 valence electrons. The summed E-state index contributed by atoms with van der Waals surface area (Å²) in [7, 11) is 0. The van der Waals surface area contributed by atoms with Crippen LogP contribution in [-0.4, -0.2) is 41.9 Å². The maximum Gasteiger partial charge on any atom is 0.239 e. The molecule has 0 spiro atoms. The molecule has 1 aliphatic heterocycles. The number of hydrogen-bond donors (Lipinski definition) is 2. The average Bonchev–Trinajstić information content (AvgIpc) is 2.46. The van der Waals surface area contributed by atoms with Crippen LogP contribution >= 0.6 is 0 Å². The molecule has 5 heteroatoms. The van der Waals surface area contributed by atoms with Gasteiger partial charge in [0.2, 0.25) is 11.8 Å². The van der Waals surface area contributed by atoms with Crippen molar-refractivity contribution >= 4 is 11.8 Å². The summed E-state index contributed by atoms with van der Waals surface area (Å²) in [6, 6.07) is 0.421. The van der Waals surface area contributed by atoms with Gasteiger partial charge in [-0.25, -0.2) is 0 Å². The molecule has 2 amide bonds. The molecule has 0 radical (unpaired) electrons. The SMILES string of the molecule is NCCCCCCC(=O)N1CC(=O)NC2CCCCC21. The first-order valence-electron chi connectivity index (χ1n) is 8.01. The lowest BCUT2D eigenvalue weighted by atomic mass is 9.87. The number of nitrogens with two attached hydrogens (primary N) is 1. The zero-order chi connectivity index (χ0) is 14.4. The molecule has 1 aliphatic carbocycles. The molecule has 0 aromatic heterocycles. The maximum absolute atomic E-state index is 12.4. The third-order valence-electron chi connectivity index (χ3n) is 4.46. The third kappa shape index (κ3) is 3.95. The molecule has 3 N–H and O–H groups in total. The first kappa shape index (κ1) is 15.3. The predicted molar refractivity (Wildman–Crippen MR) is 78.0 cm³/mol. The molecule has 2 fully saturated rings. The highest BCUT2D eigenvalue weighted by Crippen LogP contribution is 2.26. The highest BCUT2D eigenvalue weighted by molar-refractivity contribution is 5.86. The monoisotopic (exact) mass is 281 g/mol. The number of piperazine rings is 1. The molecule has 0 aromatic carbocycles. The van der Waals surface area contributed by atoms with Gasteiger partial charge >= 0.3 is 0 Å². The summed E-state index contributed by atoms with van der Waals surface area (Å²) >= 11 is 0. The Morgan fingerprint density at radius 2 is 1.95 bits per heavy atom. The molecule has 2 rings (SSSR count). The van der Waals surface area contributed by atoms with Crippen molar-refractivity contribution in [3.63, 3.8) is 0 Å². The van der Waals surface area contributed by atoms with E-state index < -0.39 is 0 Å². The molecular formula is C15H27N3O2. The van der Waals surface area contributed by atoms with Crippen molar-refractivity contribution in [2.75, 3.05) is 13.1 Å². The van der Waals surface area contributed by atoms with E-state index in [1.807, 2.05) is 4.90 Å². The average molecular weight is 281 g/mol. The fraction of sp³-hybridized carbons (Fsp3) is 0.867. The summed E-state index contributed by atoms with van der Waals surface area (Å²) in [5.74, 6) is 0.161. The fourth-order valence-electron chi connectivity index (χ4n) is 3.37. The van der Waals surface area contributed by atoms with Crippen molar-refractivity contribution in [2.45, 2.75) is 69.9 Å². The van der Waals surface area contributed by atoms with E-state index in [9.17, 15) is 9.59 Å². The fourth-order valence-corrected chi connectivity index (χ4v) is 3.37. The molecule has 1 saturated carbocycles. The van der Waals surface area contributed by atoms with Crippen molar-refractivity contribution in [1.82, 2.24) is 10.2 Å². The second-order valence-corrected chi connectivity index (χ2v) is 6.00. The highest BCUT2D eigenvalue weighted by Gasteiger charge is 2.38. The number of rotatable bonds is 6. The molecule has 0 bridgehead atoms. The van der Waals surface area contributed by atoms with E-state index in [4.69, 9.17) is 5.73 Å². The predicted octanol–water partition coefficient (Wildman–Crippen LogP) is 1.17. The van der Waals surface area contributed by atoms with Gasteiger partial charge in [0, 0.05) is 12.5 Å². The number of fused-ring (bicyclic) bond motifs is 1. The Morgan fingerprint density at radius 1 is 1.20 bits per heavy atom. The first-order valence-corrected chi connectivity index (χ1v) is 8.01. The Bertz CT molecular complexity index is 346. The van der Waals surface area contributed by atoms with Crippen molar-refractivity contribution in [3.8, 4) is 0 Å². The van der Waals surface area contributed by atoms with Crippen LogP contribution in [0.2, 0.25) is 0 Å². The topological polar surface area (TPSA) is 75.4 Å². The Morgan fingerprint density at radius 3 is 2.75 bits per heavy atom. The molecule has 2 atom stereocenters. The van der Waals surface area contributed by atoms with Gasteiger partial charge in [-0.15, -0.1) is 0 Å². The summed E-state index contributed by atoms with van der Waals surface area (Å²) in [6.45, 7) is 0.979. The lowest BCUT2D eigenvalue weighted by molar-refractivity contribution is -0.144. The second-order valence-electron chi connectivity index (χ2n) is 6.00. The van der Waals surface area contributed by atoms with Crippen LogP contribution in [0.1, 0.15) is 57.8 Å². The van der Waals surface area contributed by atoms with Crippen molar-refractivity contribution in [1.29, 1.82) is 0 Å². The van der Waals surface area contributed by atoms with Crippen LogP contribution in [0.4, 0.5) is 0 Å². The Hall–Kier alpha value is -1.10. The summed E-state index contributed by atoms with van der Waals surface area (Å²) in [5, 5.41) is 3.04. The van der Waals surface area contributed by atoms with Crippen LogP contribution in [0, 0.1) is 0 Å². The van der Waals surface area contributed by atoms with E-state index in [1.54, 1.807) is 0 Å². The molecule has 0 aromatic rings. The number of carbonyl (C=O) groups excluding carboxylic acids is 2. The minimum absolute atomic E-state index is 0.00429. The van der Waals surface area contributed by atoms with E-state index >= 15 is 0 Å². The molecule has 5 nitrogen and oxygen atoms in total. The maximum atomic E-state index is 12.4. The molecular weight excluding hydrogens is 254 g/mol. The molecule has 1 saturated heterocycles. The normalized spacial score (nSPS) is 26.1. The molecule has 20 heavy (non-hydrogen) atoms. The van der Waals surface area contributed by atoms with E-state index in [0.717, 1.165) is 57.9 Å². The first-order chi connectivity index (χ1) is 9.72. The van der Waals surface area contributed by atoms with Gasteiger partial charge in [-0.2, -0.15) is 0 Å². The summed E-state index contributed by atoms with van der Waals surface area (Å²) in [4.78, 5) is 25.9. The number of hydrogen-bond acceptors (Lipinski definition) is 3. The minimum Gasteiger partial charge on any atom is -0.350 e.